The van der Waals surface area contributed by atoms with Gasteiger partial charge in [0.25, 0.3) is 0 Å². The number of carboxylic acid groups (broad SMARTS) is 1. The first-order valence-corrected chi connectivity index (χ1v) is 5.79. The molecule has 3 unspecified atom stereocenters. The summed E-state index contributed by atoms with van der Waals surface area (Å²) in [5.74, 6) is -1.01. The van der Waals surface area contributed by atoms with Gasteiger partial charge in [-0.2, -0.15) is 0 Å². The van der Waals surface area contributed by atoms with Crippen LogP contribution in [-0.4, -0.2) is 40.1 Å². The average molecular weight is 228 g/mol. The summed E-state index contributed by atoms with van der Waals surface area (Å²) in [7, 11) is 0. The maximum absolute atomic E-state index is 11.9. The summed E-state index contributed by atoms with van der Waals surface area (Å²) in [6, 6.07) is -0.647. The van der Waals surface area contributed by atoms with Crippen LogP contribution < -0.4 is 5.32 Å². The van der Waals surface area contributed by atoms with E-state index in [0.29, 0.717) is 0 Å². The minimum Gasteiger partial charge on any atom is -0.480 e. The number of aliphatic carboxylic acids is 1. The van der Waals surface area contributed by atoms with E-state index in [0.717, 1.165) is 19.3 Å². The highest BCUT2D eigenvalue weighted by Gasteiger charge is 2.34. The molecular formula is C11H20N2O3. The van der Waals surface area contributed by atoms with Gasteiger partial charge in [0.1, 0.15) is 6.04 Å². The maximum Gasteiger partial charge on any atom is 0.325 e. The molecule has 0 aromatic carbocycles. The molecule has 3 atom stereocenters. The summed E-state index contributed by atoms with van der Waals surface area (Å²) in [5, 5.41) is 11.2. The van der Waals surface area contributed by atoms with Crippen molar-refractivity contribution >= 4 is 12.0 Å². The van der Waals surface area contributed by atoms with E-state index in [9.17, 15) is 9.59 Å². The number of nitrogens with one attached hydrogen (secondary N) is 1. The van der Waals surface area contributed by atoms with Crippen LogP contribution in [-0.2, 0) is 4.79 Å². The molecule has 2 amide bonds. The predicted octanol–water partition coefficient (Wildman–Crippen LogP) is 1.43. The number of urea groups is 1. The van der Waals surface area contributed by atoms with Crippen LogP contribution in [0.4, 0.5) is 4.79 Å². The van der Waals surface area contributed by atoms with Crippen LogP contribution in [0.3, 0.4) is 0 Å². The lowest BCUT2D eigenvalue weighted by atomic mass is 10.2. The first-order valence-electron chi connectivity index (χ1n) is 5.79. The Morgan fingerprint density at radius 3 is 2.62 bits per heavy atom. The summed E-state index contributed by atoms with van der Waals surface area (Å²) in [6.07, 6.45) is 2.92. The van der Waals surface area contributed by atoms with Crippen molar-refractivity contribution in [1.29, 1.82) is 0 Å². The molecule has 0 aromatic rings. The highest BCUT2D eigenvalue weighted by atomic mass is 16.4. The van der Waals surface area contributed by atoms with Crippen LogP contribution in [0.5, 0.6) is 0 Å². The number of amides is 2. The number of likely N-dealkylation sites (tertiary alicyclic amines) is 1. The lowest BCUT2D eigenvalue weighted by Crippen LogP contribution is -2.50. The van der Waals surface area contributed by atoms with Gasteiger partial charge in [0.2, 0.25) is 0 Å². The van der Waals surface area contributed by atoms with Gasteiger partial charge in [-0.3, -0.25) is 4.79 Å². The Kier molecular flexibility index (Phi) is 4.15. The normalized spacial score (nSPS) is 26.6. The molecule has 0 aromatic heterocycles. The SMILES string of the molecule is CCC1CCC(C)N1C(=O)NC(C)C(=O)O. The van der Waals surface area contributed by atoms with E-state index in [1.165, 1.54) is 6.92 Å². The van der Waals surface area contributed by atoms with Gasteiger partial charge < -0.3 is 15.3 Å². The van der Waals surface area contributed by atoms with Crippen molar-refractivity contribution in [3.63, 3.8) is 0 Å². The molecule has 1 rings (SSSR count). The molecule has 0 radical (unpaired) electrons. The van der Waals surface area contributed by atoms with E-state index < -0.39 is 12.0 Å². The molecule has 1 heterocycles. The average Bonchev–Trinajstić information content (AvgIpc) is 2.59. The molecule has 5 nitrogen and oxygen atoms in total. The van der Waals surface area contributed by atoms with E-state index in [2.05, 4.69) is 5.32 Å². The minimum atomic E-state index is -1.01. The first kappa shape index (κ1) is 12.8. The molecule has 16 heavy (non-hydrogen) atoms. The summed E-state index contributed by atoms with van der Waals surface area (Å²) in [5.41, 5.74) is 0. The zero-order chi connectivity index (χ0) is 12.3. The highest BCUT2D eigenvalue weighted by molar-refractivity contribution is 5.82. The number of nitrogens with zero attached hydrogens (tertiary/aromatic N) is 1. The van der Waals surface area contributed by atoms with Crippen LogP contribution in [0.2, 0.25) is 0 Å². The molecule has 92 valence electrons. The second-order valence-corrected chi connectivity index (χ2v) is 4.41. The lowest BCUT2D eigenvalue weighted by Gasteiger charge is -2.28. The molecule has 0 bridgehead atoms. The third kappa shape index (κ3) is 2.65. The summed E-state index contributed by atoms with van der Waals surface area (Å²) < 4.78 is 0. The van der Waals surface area contributed by atoms with Crippen molar-refractivity contribution < 1.29 is 14.7 Å². The molecule has 0 aliphatic carbocycles. The fourth-order valence-corrected chi connectivity index (χ4v) is 2.16. The fourth-order valence-electron chi connectivity index (χ4n) is 2.16. The molecule has 1 fully saturated rings. The van der Waals surface area contributed by atoms with Gasteiger partial charge in [0, 0.05) is 12.1 Å². The Morgan fingerprint density at radius 2 is 2.12 bits per heavy atom. The standard InChI is InChI=1S/C11H20N2O3/c1-4-9-6-5-7(2)13(9)11(16)12-8(3)10(14)15/h7-9H,4-6H2,1-3H3,(H,12,16)(H,14,15). The Morgan fingerprint density at radius 1 is 1.50 bits per heavy atom. The largest absolute Gasteiger partial charge is 0.480 e. The lowest BCUT2D eigenvalue weighted by molar-refractivity contribution is -0.138. The smallest absolute Gasteiger partial charge is 0.325 e. The Hall–Kier alpha value is -1.26. The van der Waals surface area contributed by atoms with Gasteiger partial charge in [0.15, 0.2) is 0 Å². The van der Waals surface area contributed by atoms with E-state index in [4.69, 9.17) is 5.11 Å². The monoisotopic (exact) mass is 228 g/mol. The molecule has 1 saturated heterocycles. The van der Waals surface area contributed by atoms with Crippen LogP contribution in [0.1, 0.15) is 40.0 Å². The number of hydrogen-bond donors (Lipinski definition) is 2. The van der Waals surface area contributed by atoms with Crippen LogP contribution in [0.25, 0.3) is 0 Å². The van der Waals surface area contributed by atoms with Crippen molar-refractivity contribution in [1.82, 2.24) is 10.2 Å². The summed E-state index contributed by atoms with van der Waals surface area (Å²) in [6.45, 7) is 5.52. The van der Waals surface area contributed by atoms with Crippen molar-refractivity contribution in [2.75, 3.05) is 0 Å². The highest BCUT2D eigenvalue weighted by Crippen LogP contribution is 2.25. The Balaban J connectivity index is 2.61. The summed E-state index contributed by atoms with van der Waals surface area (Å²) in [4.78, 5) is 24.3. The number of carbonyl (C=O) groups is 2. The van der Waals surface area contributed by atoms with E-state index in [-0.39, 0.29) is 18.1 Å². The number of hydrogen-bond acceptors (Lipinski definition) is 2. The fraction of sp³-hybridized carbons (Fsp3) is 0.818. The van der Waals surface area contributed by atoms with Gasteiger partial charge in [-0.15, -0.1) is 0 Å². The van der Waals surface area contributed by atoms with Crippen molar-refractivity contribution in [2.24, 2.45) is 0 Å². The predicted molar refractivity (Wildman–Crippen MR) is 60.2 cm³/mol. The van der Waals surface area contributed by atoms with Gasteiger partial charge >= 0.3 is 12.0 Å². The molecule has 5 heteroatoms. The molecule has 1 aliphatic heterocycles. The number of carbonyl (C=O) groups excluding carboxylic acids is 1. The summed E-state index contributed by atoms with van der Waals surface area (Å²) >= 11 is 0. The van der Waals surface area contributed by atoms with Gasteiger partial charge in [-0.1, -0.05) is 6.92 Å². The minimum absolute atomic E-state index is 0.200. The number of rotatable bonds is 3. The third-order valence-electron chi connectivity index (χ3n) is 3.20. The topological polar surface area (TPSA) is 69.6 Å². The first-order chi connectivity index (χ1) is 7.47. The molecule has 1 aliphatic rings. The van der Waals surface area contributed by atoms with Crippen LogP contribution in [0.15, 0.2) is 0 Å². The van der Waals surface area contributed by atoms with E-state index >= 15 is 0 Å². The second-order valence-electron chi connectivity index (χ2n) is 4.41. The Labute approximate surface area is 95.8 Å². The quantitative estimate of drug-likeness (QED) is 0.767. The van der Waals surface area contributed by atoms with Gasteiger partial charge in [-0.25, -0.2) is 4.79 Å². The zero-order valence-corrected chi connectivity index (χ0v) is 10.1. The second kappa shape index (κ2) is 5.18. The van der Waals surface area contributed by atoms with Crippen LogP contribution >= 0.6 is 0 Å². The molecule has 0 spiro atoms. The van der Waals surface area contributed by atoms with Gasteiger partial charge in [0.05, 0.1) is 0 Å². The van der Waals surface area contributed by atoms with E-state index in [1.54, 1.807) is 4.90 Å². The van der Waals surface area contributed by atoms with E-state index in [1.807, 2.05) is 13.8 Å². The molecule has 2 N–H and O–H groups in total. The van der Waals surface area contributed by atoms with Crippen molar-refractivity contribution in [3.8, 4) is 0 Å². The molecular weight excluding hydrogens is 208 g/mol. The molecule has 0 saturated carbocycles. The Bertz CT molecular complexity index is 280. The van der Waals surface area contributed by atoms with Gasteiger partial charge in [-0.05, 0) is 33.1 Å². The maximum atomic E-state index is 11.9. The zero-order valence-electron chi connectivity index (χ0n) is 10.1. The number of carboxylic acids is 1. The van der Waals surface area contributed by atoms with Crippen molar-refractivity contribution in [3.05, 3.63) is 0 Å². The van der Waals surface area contributed by atoms with Crippen molar-refractivity contribution in [2.45, 2.75) is 58.2 Å². The third-order valence-corrected chi connectivity index (χ3v) is 3.20. The van der Waals surface area contributed by atoms with Crippen LogP contribution in [0, 0.1) is 0 Å².